The number of fused-ring (bicyclic) bond motifs is 1. The van der Waals surface area contributed by atoms with E-state index in [1.54, 1.807) is 28.2 Å². The van der Waals surface area contributed by atoms with Crippen molar-refractivity contribution in [3.8, 4) is 11.9 Å². The van der Waals surface area contributed by atoms with Gasteiger partial charge in [-0.2, -0.15) is 20.3 Å². The largest absolute Gasteiger partial charge is 0.472 e. The molecular formula is C18H18N8O2. The second-order valence-electron chi connectivity index (χ2n) is 6.43. The average Bonchev–Trinajstić information content (AvgIpc) is 3.41. The normalized spacial score (nSPS) is 16.1. The number of nitrogens with zero attached hydrogens (tertiary/aromatic N) is 6. The molecular weight excluding hydrogens is 360 g/mol. The van der Waals surface area contributed by atoms with Crippen LogP contribution in [-0.4, -0.2) is 54.7 Å². The first kappa shape index (κ1) is 17.5. The number of ether oxygens (including phenoxy) is 1. The van der Waals surface area contributed by atoms with Crippen molar-refractivity contribution in [3.05, 3.63) is 36.8 Å². The van der Waals surface area contributed by atoms with Crippen molar-refractivity contribution in [1.29, 1.82) is 5.26 Å². The van der Waals surface area contributed by atoms with Gasteiger partial charge < -0.3 is 19.9 Å². The van der Waals surface area contributed by atoms with Gasteiger partial charge in [0.05, 0.1) is 29.4 Å². The van der Waals surface area contributed by atoms with Gasteiger partial charge in [0.15, 0.2) is 0 Å². The summed E-state index contributed by atoms with van der Waals surface area (Å²) >= 11 is 0. The molecule has 0 spiro atoms. The van der Waals surface area contributed by atoms with Gasteiger partial charge in [-0.15, -0.1) is 0 Å². The summed E-state index contributed by atoms with van der Waals surface area (Å²) in [7, 11) is 1.81. The first-order chi connectivity index (χ1) is 13.6. The number of rotatable bonds is 5. The van der Waals surface area contributed by atoms with E-state index in [-0.39, 0.29) is 12.0 Å². The van der Waals surface area contributed by atoms with Crippen molar-refractivity contribution in [2.24, 2.45) is 7.05 Å². The minimum absolute atomic E-state index is 0.128. The van der Waals surface area contributed by atoms with E-state index in [9.17, 15) is 10.1 Å². The zero-order chi connectivity index (χ0) is 19.7. The van der Waals surface area contributed by atoms with Gasteiger partial charge in [0.1, 0.15) is 17.8 Å². The Kier molecular flexibility index (Phi) is 4.41. The number of aryl methyl sites for hydroxylation is 1. The molecule has 1 unspecified atom stereocenters. The van der Waals surface area contributed by atoms with Gasteiger partial charge >= 0.3 is 0 Å². The fourth-order valence-electron chi connectivity index (χ4n) is 3.16. The lowest BCUT2D eigenvalue weighted by Crippen LogP contribution is -2.29. The predicted octanol–water partition coefficient (Wildman–Crippen LogP) is 1.47. The number of H-pyrrole nitrogens is 1. The molecule has 1 aliphatic rings. The molecule has 1 fully saturated rings. The predicted molar refractivity (Wildman–Crippen MR) is 101 cm³/mol. The van der Waals surface area contributed by atoms with E-state index in [0.29, 0.717) is 47.9 Å². The zero-order valence-electron chi connectivity index (χ0n) is 15.2. The molecule has 3 aromatic heterocycles. The van der Waals surface area contributed by atoms with Gasteiger partial charge in [0, 0.05) is 32.4 Å². The van der Waals surface area contributed by atoms with Crippen LogP contribution in [0.5, 0.6) is 5.88 Å². The summed E-state index contributed by atoms with van der Waals surface area (Å²) in [5.74, 6) is 0.489. The first-order valence-corrected chi connectivity index (χ1v) is 8.70. The summed E-state index contributed by atoms with van der Waals surface area (Å²) in [6.45, 7) is 4.54. The SMILES string of the molecule is C=CC(=O)N1CCC(Oc2nc(Nc3cnn(C)c3)nc3[nH]cc(C#N)c23)C1. The van der Waals surface area contributed by atoms with Crippen molar-refractivity contribution in [2.45, 2.75) is 12.5 Å². The Bertz CT molecular complexity index is 1090. The lowest BCUT2D eigenvalue weighted by molar-refractivity contribution is -0.125. The van der Waals surface area contributed by atoms with Gasteiger partial charge in [-0.3, -0.25) is 9.48 Å². The van der Waals surface area contributed by atoms with Crippen LogP contribution in [0.4, 0.5) is 11.6 Å². The van der Waals surface area contributed by atoms with Crippen LogP contribution < -0.4 is 10.1 Å². The van der Waals surface area contributed by atoms with Crippen LogP contribution >= 0.6 is 0 Å². The third kappa shape index (κ3) is 3.25. The second-order valence-corrected chi connectivity index (χ2v) is 6.43. The Hall–Kier alpha value is -3.87. The summed E-state index contributed by atoms with van der Waals surface area (Å²) < 4.78 is 7.74. The minimum Gasteiger partial charge on any atom is -0.472 e. The maximum atomic E-state index is 11.8. The van der Waals surface area contributed by atoms with Gasteiger partial charge in [-0.1, -0.05) is 6.58 Å². The molecule has 10 nitrogen and oxygen atoms in total. The van der Waals surface area contributed by atoms with Crippen LogP contribution in [0.3, 0.4) is 0 Å². The number of hydrogen-bond donors (Lipinski definition) is 2. The highest BCUT2D eigenvalue weighted by atomic mass is 16.5. The standard InChI is InChI=1S/C18H18N8O2/c1-3-14(27)26-5-4-13(10-26)28-17-15-11(6-19)7-20-16(15)23-18(24-17)22-12-8-21-25(2)9-12/h3,7-9,13H,1,4-5,10H2,2H3,(H2,20,22,23,24). The Morgan fingerprint density at radius 3 is 3.11 bits per heavy atom. The number of carbonyl (C=O) groups excluding carboxylic acids is 1. The molecule has 2 N–H and O–H groups in total. The molecule has 3 aromatic rings. The Morgan fingerprint density at radius 2 is 2.39 bits per heavy atom. The Morgan fingerprint density at radius 1 is 1.54 bits per heavy atom. The lowest BCUT2D eigenvalue weighted by atomic mass is 10.2. The van der Waals surface area contributed by atoms with E-state index < -0.39 is 0 Å². The van der Waals surface area contributed by atoms with E-state index in [1.807, 2.05) is 7.05 Å². The van der Waals surface area contributed by atoms with Crippen LogP contribution in [0.15, 0.2) is 31.2 Å². The molecule has 4 heterocycles. The first-order valence-electron chi connectivity index (χ1n) is 8.70. The van der Waals surface area contributed by atoms with Gasteiger partial charge in [-0.25, -0.2) is 0 Å². The fraction of sp³-hybridized carbons (Fsp3) is 0.278. The maximum Gasteiger partial charge on any atom is 0.246 e. The summed E-state index contributed by atoms with van der Waals surface area (Å²) in [6, 6.07) is 2.12. The molecule has 0 radical (unpaired) electrons. The molecule has 1 atom stereocenters. The zero-order valence-corrected chi connectivity index (χ0v) is 15.2. The second kappa shape index (κ2) is 7.03. The van der Waals surface area contributed by atoms with E-state index >= 15 is 0 Å². The Labute approximate surface area is 160 Å². The monoisotopic (exact) mass is 378 g/mol. The number of aromatic nitrogens is 5. The van der Waals surface area contributed by atoms with Gasteiger partial charge in [-0.05, 0) is 6.08 Å². The molecule has 10 heteroatoms. The van der Waals surface area contributed by atoms with Crippen molar-refractivity contribution in [3.63, 3.8) is 0 Å². The number of carbonyl (C=O) groups is 1. The lowest BCUT2D eigenvalue weighted by Gasteiger charge is -2.16. The molecule has 1 amide bonds. The molecule has 4 rings (SSSR count). The number of amides is 1. The van der Waals surface area contributed by atoms with Crippen LogP contribution in [-0.2, 0) is 11.8 Å². The van der Waals surface area contributed by atoms with Crippen molar-refractivity contribution < 1.29 is 9.53 Å². The molecule has 142 valence electrons. The van der Waals surface area contributed by atoms with E-state index in [1.165, 1.54) is 6.08 Å². The summed E-state index contributed by atoms with van der Waals surface area (Å²) in [5, 5.41) is 17.1. The van der Waals surface area contributed by atoms with Crippen molar-refractivity contribution >= 4 is 28.6 Å². The van der Waals surface area contributed by atoms with Crippen LogP contribution in [0.2, 0.25) is 0 Å². The quantitative estimate of drug-likeness (QED) is 0.644. The number of likely N-dealkylation sites (tertiary alicyclic amines) is 1. The van der Waals surface area contributed by atoms with Crippen LogP contribution in [0.1, 0.15) is 12.0 Å². The highest BCUT2D eigenvalue weighted by Crippen LogP contribution is 2.30. The fourth-order valence-corrected chi connectivity index (χ4v) is 3.16. The highest BCUT2D eigenvalue weighted by molar-refractivity contribution is 5.89. The van der Waals surface area contributed by atoms with Crippen molar-refractivity contribution in [1.82, 2.24) is 29.6 Å². The maximum absolute atomic E-state index is 11.8. The number of aromatic amines is 1. The third-order valence-electron chi connectivity index (χ3n) is 4.49. The summed E-state index contributed by atoms with van der Waals surface area (Å²) in [6.07, 6.45) is 6.75. The van der Waals surface area contributed by atoms with E-state index in [0.717, 1.165) is 5.69 Å². The van der Waals surface area contributed by atoms with Crippen molar-refractivity contribution in [2.75, 3.05) is 18.4 Å². The molecule has 1 saturated heterocycles. The molecule has 0 aliphatic carbocycles. The topological polar surface area (TPSA) is 125 Å². The van der Waals surface area contributed by atoms with Gasteiger partial charge in [0.2, 0.25) is 17.7 Å². The van der Waals surface area contributed by atoms with E-state index in [2.05, 4.69) is 38.0 Å². The average molecular weight is 378 g/mol. The minimum atomic E-state index is -0.227. The van der Waals surface area contributed by atoms with Gasteiger partial charge in [0.25, 0.3) is 0 Å². The third-order valence-corrected chi connectivity index (χ3v) is 4.49. The van der Waals surface area contributed by atoms with Crippen LogP contribution in [0, 0.1) is 11.3 Å². The number of nitrogens with one attached hydrogen (secondary N) is 2. The van der Waals surface area contributed by atoms with Crippen LogP contribution in [0.25, 0.3) is 11.0 Å². The summed E-state index contributed by atoms with van der Waals surface area (Å²) in [4.78, 5) is 25.3. The number of hydrogen-bond acceptors (Lipinski definition) is 7. The highest BCUT2D eigenvalue weighted by Gasteiger charge is 2.28. The molecule has 0 saturated carbocycles. The number of anilines is 2. The molecule has 0 aromatic carbocycles. The summed E-state index contributed by atoms with van der Waals surface area (Å²) in [5.41, 5.74) is 1.61. The molecule has 1 aliphatic heterocycles. The molecule has 0 bridgehead atoms. The van der Waals surface area contributed by atoms with E-state index in [4.69, 9.17) is 4.74 Å². The smallest absolute Gasteiger partial charge is 0.246 e. The molecule has 28 heavy (non-hydrogen) atoms. The number of nitriles is 1. The Balaban J connectivity index is 1.65.